The summed E-state index contributed by atoms with van der Waals surface area (Å²) >= 11 is 1.42. The van der Waals surface area contributed by atoms with E-state index < -0.39 is 15.8 Å². The lowest BCUT2D eigenvalue weighted by atomic mass is 10.1. The number of methoxy groups -OCH3 is 1. The van der Waals surface area contributed by atoms with Gasteiger partial charge < -0.3 is 9.72 Å². The quantitative estimate of drug-likeness (QED) is 0.452. The number of halogens is 1. The predicted octanol–water partition coefficient (Wildman–Crippen LogP) is 4.13. The van der Waals surface area contributed by atoms with Gasteiger partial charge in [0.05, 0.1) is 17.5 Å². The van der Waals surface area contributed by atoms with Crippen LogP contribution < -0.4 is 10.3 Å². The smallest absolute Gasteiger partial charge is 0.252 e. The molecule has 6 nitrogen and oxygen atoms in total. The lowest BCUT2D eigenvalue weighted by Crippen LogP contribution is -2.32. The number of hydrogen-bond donors (Lipinski definition) is 1. The van der Waals surface area contributed by atoms with Crippen LogP contribution in [0.25, 0.3) is 10.9 Å². The van der Waals surface area contributed by atoms with Crippen LogP contribution in [0.3, 0.4) is 0 Å². The normalized spacial score (nSPS) is 11.8. The highest BCUT2D eigenvalue weighted by molar-refractivity contribution is 7.89. The Bertz CT molecular complexity index is 1370. The molecule has 2 aromatic carbocycles. The van der Waals surface area contributed by atoms with Crippen LogP contribution in [0.2, 0.25) is 0 Å². The molecule has 0 radical (unpaired) electrons. The van der Waals surface area contributed by atoms with Crippen LogP contribution >= 0.6 is 11.3 Å². The zero-order valence-electron chi connectivity index (χ0n) is 16.5. The number of fused-ring (bicyclic) bond motifs is 1. The number of pyridine rings is 1. The predicted molar refractivity (Wildman–Crippen MR) is 118 cm³/mol. The Morgan fingerprint density at radius 1 is 1.06 bits per heavy atom. The minimum absolute atomic E-state index is 0.0348. The first-order chi connectivity index (χ1) is 14.9. The molecular weight excluding hydrogens is 439 g/mol. The van der Waals surface area contributed by atoms with E-state index in [1.54, 1.807) is 24.3 Å². The molecule has 31 heavy (non-hydrogen) atoms. The summed E-state index contributed by atoms with van der Waals surface area (Å²) in [6.07, 6.45) is 0. The molecule has 0 spiro atoms. The number of sulfonamides is 1. The van der Waals surface area contributed by atoms with E-state index in [9.17, 15) is 17.6 Å². The lowest BCUT2D eigenvalue weighted by molar-refractivity contribution is 0.402. The zero-order valence-corrected chi connectivity index (χ0v) is 18.2. The van der Waals surface area contributed by atoms with Crippen LogP contribution in [-0.4, -0.2) is 24.8 Å². The number of aromatic amines is 1. The highest BCUT2D eigenvalue weighted by atomic mass is 32.2. The molecule has 0 unspecified atom stereocenters. The van der Waals surface area contributed by atoms with E-state index in [-0.39, 0.29) is 23.5 Å². The number of rotatable bonds is 7. The molecular formula is C22H19FN2O4S2. The van der Waals surface area contributed by atoms with Crippen molar-refractivity contribution in [2.45, 2.75) is 18.0 Å². The first-order valence-corrected chi connectivity index (χ1v) is 11.7. The summed E-state index contributed by atoms with van der Waals surface area (Å²) in [6, 6.07) is 15.3. The van der Waals surface area contributed by atoms with Gasteiger partial charge in [-0.15, -0.1) is 11.3 Å². The molecule has 0 fully saturated rings. The molecule has 4 aromatic rings. The molecule has 1 N–H and O–H groups in total. The second-order valence-electron chi connectivity index (χ2n) is 6.88. The highest BCUT2D eigenvalue weighted by Crippen LogP contribution is 2.24. The van der Waals surface area contributed by atoms with E-state index in [4.69, 9.17) is 4.74 Å². The monoisotopic (exact) mass is 458 g/mol. The first kappa shape index (κ1) is 21.2. The molecule has 2 aromatic heterocycles. The summed E-state index contributed by atoms with van der Waals surface area (Å²) in [7, 11) is -2.43. The number of nitrogens with zero attached hydrogens (tertiary/aromatic N) is 1. The van der Waals surface area contributed by atoms with Crippen molar-refractivity contribution in [1.82, 2.24) is 9.29 Å². The van der Waals surface area contributed by atoms with Gasteiger partial charge in [0.25, 0.3) is 5.56 Å². The van der Waals surface area contributed by atoms with Crippen molar-refractivity contribution >= 4 is 32.3 Å². The summed E-state index contributed by atoms with van der Waals surface area (Å²) in [5.41, 5.74) is 0.519. The van der Waals surface area contributed by atoms with Crippen LogP contribution in [0.5, 0.6) is 5.75 Å². The molecule has 2 heterocycles. The summed E-state index contributed by atoms with van der Waals surface area (Å²) in [4.78, 5) is 16.3. The summed E-state index contributed by atoms with van der Waals surface area (Å²) in [5, 5.41) is 2.61. The van der Waals surface area contributed by atoms with Crippen LogP contribution in [-0.2, 0) is 23.1 Å². The fraction of sp³-hybridized carbons (Fsp3) is 0.136. The Morgan fingerprint density at radius 3 is 2.52 bits per heavy atom. The van der Waals surface area contributed by atoms with E-state index in [0.29, 0.717) is 16.8 Å². The zero-order chi connectivity index (χ0) is 22.0. The molecule has 0 amide bonds. The number of benzene rings is 2. The molecule has 4 rings (SSSR count). The third-order valence-corrected chi connectivity index (χ3v) is 7.51. The maximum atomic E-state index is 13.3. The summed E-state index contributed by atoms with van der Waals surface area (Å²) in [6.45, 7) is -0.0353. The maximum Gasteiger partial charge on any atom is 0.252 e. The van der Waals surface area contributed by atoms with Gasteiger partial charge in [-0.3, -0.25) is 4.79 Å². The van der Waals surface area contributed by atoms with Gasteiger partial charge in [0.2, 0.25) is 10.0 Å². The van der Waals surface area contributed by atoms with Crippen molar-refractivity contribution in [2.24, 2.45) is 0 Å². The Hall–Kier alpha value is -3.01. The van der Waals surface area contributed by atoms with Gasteiger partial charge in [-0.25, -0.2) is 12.8 Å². The standard InChI is InChI=1S/C22H19FN2O4S2/c1-29-18-7-4-15-11-16(22(26)24-21(15)12-18)13-25(14-19-3-2-10-30-19)31(27,28)20-8-5-17(23)6-9-20/h2-12H,13-14H2,1H3,(H,24,26). The molecule has 0 aliphatic carbocycles. The summed E-state index contributed by atoms with van der Waals surface area (Å²) in [5.74, 6) is 0.0827. The minimum atomic E-state index is -3.97. The highest BCUT2D eigenvalue weighted by Gasteiger charge is 2.26. The van der Waals surface area contributed by atoms with Gasteiger partial charge >= 0.3 is 0 Å². The van der Waals surface area contributed by atoms with E-state index >= 15 is 0 Å². The Labute approximate surface area is 182 Å². The van der Waals surface area contributed by atoms with Crippen molar-refractivity contribution in [3.8, 4) is 5.75 Å². The number of thiophene rings is 1. The largest absolute Gasteiger partial charge is 0.497 e. The summed E-state index contributed by atoms with van der Waals surface area (Å²) < 4.78 is 46.4. The van der Waals surface area contributed by atoms with E-state index in [0.717, 1.165) is 22.4 Å². The molecule has 0 atom stereocenters. The van der Waals surface area contributed by atoms with Crippen molar-refractivity contribution in [1.29, 1.82) is 0 Å². The fourth-order valence-corrected chi connectivity index (χ4v) is 5.42. The average molecular weight is 459 g/mol. The molecule has 9 heteroatoms. The van der Waals surface area contributed by atoms with Gasteiger partial charge in [-0.1, -0.05) is 6.07 Å². The van der Waals surface area contributed by atoms with Crippen molar-refractivity contribution in [2.75, 3.05) is 7.11 Å². The van der Waals surface area contributed by atoms with E-state index in [2.05, 4.69) is 4.98 Å². The molecule has 0 saturated carbocycles. The molecule has 0 saturated heterocycles. The van der Waals surface area contributed by atoms with Gasteiger partial charge in [-0.05, 0) is 59.3 Å². The van der Waals surface area contributed by atoms with Crippen LogP contribution in [0.4, 0.5) is 4.39 Å². The van der Waals surface area contributed by atoms with Crippen LogP contribution in [0.15, 0.2) is 75.7 Å². The second-order valence-corrected chi connectivity index (χ2v) is 9.85. The van der Waals surface area contributed by atoms with Gasteiger partial charge in [0.15, 0.2) is 0 Å². The van der Waals surface area contributed by atoms with Crippen molar-refractivity contribution < 1.29 is 17.5 Å². The minimum Gasteiger partial charge on any atom is -0.497 e. The Morgan fingerprint density at radius 2 is 1.84 bits per heavy atom. The third-order valence-electron chi connectivity index (χ3n) is 4.84. The number of ether oxygens (including phenoxy) is 1. The first-order valence-electron chi connectivity index (χ1n) is 9.35. The van der Waals surface area contributed by atoms with E-state index in [1.807, 2.05) is 17.5 Å². The average Bonchev–Trinajstić information content (AvgIpc) is 3.27. The number of hydrogen-bond acceptors (Lipinski definition) is 5. The van der Waals surface area contributed by atoms with E-state index in [1.165, 1.54) is 34.9 Å². The molecule has 0 aliphatic rings. The van der Waals surface area contributed by atoms with Crippen LogP contribution in [0.1, 0.15) is 10.4 Å². The number of nitrogens with one attached hydrogen (secondary N) is 1. The van der Waals surface area contributed by atoms with Gasteiger partial charge in [-0.2, -0.15) is 4.31 Å². The SMILES string of the molecule is COc1ccc2cc(CN(Cc3cccs3)S(=O)(=O)c3ccc(F)cc3)c(=O)[nH]c2c1. The number of H-pyrrole nitrogens is 1. The topological polar surface area (TPSA) is 79.5 Å². The Balaban J connectivity index is 1.75. The number of aromatic nitrogens is 1. The lowest BCUT2D eigenvalue weighted by Gasteiger charge is -2.22. The third kappa shape index (κ3) is 4.53. The molecule has 0 aliphatic heterocycles. The van der Waals surface area contributed by atoms with Gasteiger partial charge in [0, 0.05) is 29.6 Å². The fourth-order valence-electron chi connectivity index (χ4n) is 3.22. The maximum absolute atomic E-state index is 13.3. The van der Waals surface area contributed by atoms with Crippen molar-refractivity contribution in [3.63, 3.8) is 0 Å². The second kappa shape index (κ2) is 8.62. The molecule has 160 valence electrons. The Kier molecular flexibility index (Phi) is 5.90. The van der Waals surface area contributed by atoms with Crippen LogP contribution in [0, 0.1) is 5.82 Å². The van der Waals surface area contributed by atoms with Gasteiger partial charge in [0.1, 0.15) is 11.6 Å². The van der Waals surface area contributed by atoms with Crippen molar-refractivity contribution in [3.05, 3.63) is 92.7 Å². The molecule has 0 bridgehead atoms.